The highest BCUT2D eigenvalue weighted by Crippen LogP contribution is 2.21. The lowest BCUT2D eigenvalue weighted by Crippen LogP contribution is -2.51. The fourth-order valence-corrected chi connectivity index (χ4v) is 2.70. The quantitative estimate of drug-likeness (QED) is 0.850. The summed E-state index contributed by atoms with van der Waals surface area (Å²) in [5.74, 6) is -3.26. The molecular weight excluding hydrogens is 330 g/mol. The zero-order valence-electron chi connectivity index (χ0n) is 12.8. The van der Waals surface area contributed by atoms with E-state index in [2.05, 4.69) is 10.3 Å². The monoisotopic (exact) mass is 343 g/mol. The van der Waals surface area contributed by atoms with Crippen LogP contribution in [0, 0.1) is 5.92 Å². The Bertz CT molecular complexity index is 826. The van der Waals surface area contributed by atoms with Gasteiger partial charge in [0.05, 0.1) is 0 Å². The topological polar surface area (TPSA) is 78.8 Å². The first-order chi connectivity index (χ1) is 11.5. The number of halogens is 1. The zero-order chi connectivity index (χ0) is 17.3. The third-order valence-electron chi connectivity index (χ3n) is 3.78. The van der Waals surface area contributed by atoms with Gasteiger partial charge >= 0.3 is 0 Å². The minimum atomic E-state index is -1.48. The molecule has 2 aliphatic heterocycles. The number of amidine groups is 1. The van der Waals surface area contributed by atoms with Crippen molar-refractivity contribution in [2.45, 2.75) is 13.5 Å². The fraction of sp³-hybridized carbons (Fsp3) is 0.176. The van der Waals surface area contributed by atoms with Crippen LogP contribution in [0.25, 0.3) is 0 Å². The van der Waals surface area contributed by atoms with Crippen LogP contribution in [0.15, 0.2) is 53.2 Å². The Morgan fingerprint density at radius 3 is 2.83 bits per heavy atom. The molecular formula is C17H14ClN3O3. The number of fused-ring (bicyclic) bond motifs is 1. The molecule has 122 valence electrons. The van der Waals surface area contributed by atoms with Crippen LogP contribution in [0.5, 0.6) is 0 Å². The minimum Gasteiger partial charge on any atom is -0.351 e. The highest BCUT2D eigenvalue weighted by atomic mass is 35.5. The van der Waals surface area contributed by atoms with Crippen molar-refractivity contribution in [2.24, 2.45) is 10.9 Å². The van der Waals surface area contributed by atoms with Crippen LogP contribution in [0.2, 0.25) is 5.02 Å². The Morgan fingerprint density at radius 2 is 2.08 bits per heavy atom. The van der Waals surface area contributed by atoms with Gasteiger partial charge in [0.25, 0.3) is 11.8 Å². The molecule has 1 atom stereocenters. The van der Waals surface area contributed by atoms with Gasteiger partial charge in [0.2, 0.25) is 5.91 Å². The predicted octanol–water partition coefficient (Wildman–Crippen LogP) is 1.81. The maximum Gasteiger partial charge on any atom is 0.269 e. The molecule has 0 aromatic heterocycles. The predicted molar refractivity (Wildman–Crippen MR) is 89.0 cm³/mol. The Hall–Kier alpha value is -2.73. The second kappa shape index (κ2) is 6.41. The van der Waals surface area contributed by atoms with Crippen LogP contribution in [0.4, 0.5) is 0 Å². The summed E-state index contributed by atoms with van der Waals surface area (Å²) in [5.41, 5.74) is 1.39. The largest absolute Gasteiger partial charge is 0.351 e. The summed E-state index contributed by atoms with van der Waals surface area (Å²) >= 11 is 6.03. The van der Waals surface area contributed by atoms with Crippen molar-refractivity contribution in [1.82, 2.24) is 10.2 Å². The summed E-state index contributed by atoms with van der Waals surface area (Å²) in [6, 6.07) is 7.01. The number of rotatable bonds is 3. The number of hydrogen-bond acceptors (Lipinski definition) is 3. The van der Waals surface area contributed by atoms with Crippen molar-refractivity contribution >= 4 is 35.2 Å². The molecule has 1 unspecified atom stereocenters. The van der Waals surface area contributed by atoms with Crippen LogP contribution in [-0.4, -0.2) is 28.5 Å². The van der Waals surface area contributed by atoms with Gasteiger partial charge in [-0.15, -0.1) is 0 Å². The van der Waals surface area contributed by atoms with Crippen molar-refractivity contribution in [3.63, 3.8) is 0 Å². The maximum absolute atomic E-state index is 12.5. The summed E-state index contributed by atoms with van der Waals surface area (Å²) in [4.78, 5) is 42.1. The Balaban J connectivity index is 1.77. The van der Waals surface area contributed by atoms with E-state index in [0.29, 0.717) is 16.2 Å². The minimum absolute atomic E-state index is 0.126. The second-order valence-electron chi connectivity index (χ2n) is 5.42. The van der Waals surface area contributed by atoms with E-state index in [-0.39, 0.29) is 12.4 Å². The van der Waals surface area contributed by atoms with Gasteiger partial charge in [0.1, 0.15) is 5.84 Å². The molecule has 1 N–H and O–H groups in total. The molecule has 0 fully saturated rings. The summed E-state index contributed by atoms with van der Waals surface area (Å²) < 4.78 is 0. The van der Waals surface area contributed by atoms with Crippen molar-refractivity contribution < 1.29 is 14.4 Å². The molecule has 6 nitrogen and oxygen atoms in total. The van der Waals surface area contributed by atoms with Crippen LogP contribution in [0.1, 0.15) is 12.5 Å². The van der Waals surface area contributed by atoms with Gasteiger partial charge in [-0.1, -0.05) is 35.9 Å². The van der Waals surface area contributed by atoms with E-state index in [9.17, 15) is 14.4 Å². The number of nitrogens with one attached hydrogen (secondary N) is 1. The standard InChI is InChI=1S/C17H14ClN3O3/c1-10-5-4-8-21-14(10)20-16(23)13(17(21)24)15(22)19-9-11-6-2-3-7-12(11)18/h2-8,13H,9H2,1H3,(H,19,22). The molecule has 3 amide bonds. The van der Waals surface area contributed by atoms with Gasteiger partial charge < -0.3 is 5.32 Å². The lowest BCUT2D eigenvalue weighted by atomic mass is 10.0. The van der Waals surface area contributed by atoms with E-state index in [1.165, 1.54) is 11.1 Å². The van der Waals surface area contributed by atoms with E-state index < -0.39 is 23.6 Å². The molecule has 1 aromatic rings. The smallest absolute Gasteiger partial charge is 0.269 e. The van der Waals surface area contributed by atoms with Gasteiger partial charge in [0, 0.05) is 17.8 Å². The first-order valence-electron chi connectivity index (χ1n) is 7.31. The van der Waals surface area contributed by atoms with Crippen molar-refractivity contribution in [2.75, 3.05) is 0 Å². The fourth-order valence-electron chi connectivity index (χ4n) is 2.49. The van der Waals surface area contributed by atoms with Gasteiger partial charge in [0.15, 0.2) is 5.92 Å². The number of hydrogen-bond donors (Lipinski definition) is 1. The molecule has 2 heterocycles. The number of amides is 3. The summed E-state index contributed by atoms with van der Waals surface area (Å²) in [5, 5.41) is 3.08. The van der Waals surface area contributed by atoms with E-state index in [0.717, 1.165) is 0 Å². The van der Waals surface area contributed by atoms with Gasteiger partial charge in [-0.3, -0.25) is 19.3 Å². The van der Waals surface area contributed by atoms with Crippen molar-refractivity contribution in [1.29, 1.82) is 0 Å². The third-order valence-corrected chi connectivity index (χ3v) is 4.15. The van der Waals surface area contributed by atoms with Crippen molar-refractivity contribution in [3.8, 4) is 0 Å². The number of carbonyl (C=O) groups excluding carboxylic acids is 3. The SMILES string of the molecule is CC1=CC=CN2C(=O)C(C(=O)NCc3ccccc3Cl)C(=O)N=C12. The second-order valence-corrected chi connectivity index (χ2v) is 5.82. The Morgan fingerprint density at radius 1 is 1.33 bits per heavy atom. The summed E-state index contributed by atoms with van der Waals surface area (Å²) in [7, 11) is 0. The lowest BCUT2D eigenvalue weighted by molar-refractivity contribution is -0.144. The molecule has 0 spiro atoms. The molecule has 24 heavy (non-hydrogen) atoms. The molecule has 3 rings (SSSR count). The van der Waals surface area contributed by atoms with E-state index >= 15 is 0 Å². The maximum atomic E-state index is 12.5. The molecule has 0 aliphatic carbocycles. The van der Waals surface area contributed by atoms with Crippen LogP contribution in [0.3, 0.4) is 0 Å². The zero-order valence-corrected chi connectivity index (χ0v) is 13.6. The Labute approximate surface area is 143 Å². The molecule has 2 aliphatic rings. The van der Waals surface area contributed by atoms with E-state index in [1.807, 2.05) is 0 Å². The first kappa shape index (κ1) is 16.1. The average molecular weight is 344 g/mol. The molecule has 1 aromatic carbocycles. The van der Waals surface area contributed by atoms with Gasteiger partial charge in [-0.25, -0.2) is 0 Å². The summed E-state index contributed by atoms with van der Waals surface area (Å²) in [6.07, 6.45) is 4.91. The molecule has 0 bridgehead atoms. The van der Waals surface area contributed by atoms with Crippen LogP contribution >= 0.6 is 11.6 Å². The molecule has 0 radical (unpaired) electrons. The highest BCUT2D eigenvalue weighted by Gasteiger charge is 2.42. The highest BCUT2D eigenvalue weighted by molar-refractivity contribution is 6.31. The number of carbonyl (C=O) groups is 3. The van der Waals surface area contributed by atoms with Gasteiger partial charge in [-0.2, -0.15) is 4.99 Å². The number of aliphatic imine (C=N–C) groups is 1. The van der Waals surface area contributed by atoms with Crippen molar-refractivity contribution in [3.05, 3.63) is 58.8 Å². The third kappa shape index (κ3) is 2.88. The van der Waals surface area contributed by atoms with Crippen LogP contribution in [-0.2, 0) is 20.9 Å². The molecule has 0 saturated heterocycles. The van der Waals surface area contributed by atoms with Crippen LogP contribution < -0.4 is 5.32 Å². The number of nitrogens with zero attached hydrogens (tertiary/aromatic N) is 2. The first-order valence-corrected chi connectivity index (χ1v) is 7.69. The normalized spacial score (nSPS) is 19.6. The lowest BCUT2D eigenvalue weighted by Gasteiger charge is -2.29. The number of benzene rings is 1. The average Bonchev–Trinajstić information content (AvgIpc) is 2.55. The van der Waals surface area contributed by atoms with Gasteiger partial charge in [-0.05, 0) is 30.2 Å². The summed E-state index contributed by atoms with van der Waals surface area (Å²) in [6.45, 7) is 1.87. The number of allylic oxidation sites excluding steroid dienone is 2. The van der Waals surface area contributed by atoms with E-state index in [1.54, 1.807) is 43.3 Å². The molecule has 7 heteroatoms. The molecule has 0 saturated carbocycles. The van der Waals surface area contributed by atoms with E-state index in [4.69, 9.17) is 11.6 Å². The Kier molecular flexibility index (Phi) is 4.31.